The average molecular weight is 395 g/mol. The average Bonchev–Trinajstić information content (AvgIpc) is 3.22. The van der Waals surface area contributed by atoms with Crippen molar-refractivity contribution in [2.75, 3.05) is 31.5 Å². The van der Waals surface area contributed by atoms with Gasteiger partial charge in [0.15, 0.2) is 0 Å². The van der Waals surface area contributed by atoms with Crippen LogP contribution in [0.2, 0.25) is 0 Å². The van der Waals surface area contributed by atoms with E-state index < -0.39 is 5.91 Å². The fourth-order valence-electron chi connectivity index (χ4n) is 4.04. The van der Waals surface area contributed by atoms with Crippen molar-refractivity contribution in [1.82, 2.24) is 9.80 Å². The number of rotatable bonds is 8. The van der Waals surface area contributed by atoms with Gasteiger partial charge in [-0.15, -0.1) is 0 Å². The molecule has 3 rings (SSSR count). The molecular formula is C23H30N4O2. The molecule has 1 heterocycles. The molecular weight excluding hydrogens is 364 g/mol. The van der Waals surface area contributed by atoms with Crippen LogP contribution in [0.5, 0.6) is 0 Å². The van der Waals surface area contributed by atoms with Crippen LogP contribution in [-0.4, -0.2) is 53.8 Å². The Bertz CT molecular complexity index is 840. The van der Waals surface area contributed by atoms with Crippen LogP contribution in [0.25, 0.3) is 0 Å². The van der Waals surface area contributed by atoms with E-state index in [1.165, 1.54) is 5.56 Å². The number of hydrogen-bond acceptors (Lipinski definition) is 4. The monoisotopic (exact) mass is 394 g/mol. The van der Waals surface area contributed by atoms with Crippen molar-refractivity contribution in [1.29, 1.82) is 0 Å². The Morgan fingerprint density at radius 3 is 2.55 bits per heavy atom. The highest BCUT2D eigenvalue weighted by molar-refractivity contribution is 6.03. The molecule has 0 aromatic heterocycles. The highest BCUT2D eigenvalue weighted by Gasteiger charge is 2.31. The van der Waals surface area contributed by atoms with Crippen LogP contribution < -0.4 is 11.1 Å². The summed E-state index contributed by atoms with van der Waals surface area (Å²) in [6, 6.07) is 18.0. The maximum Gasteiger partial charge on any atom is 0.250 e. The second-order valence-corrected chi connectivity index (χ2v) is 7.55. The maximum absolute atomic E-state index is 12.6. The summed E-state index contributed by atoms with van der Waals surface area (Å²) >= 11 is 0. The van der Waals surface area contributed by atoms with E-state index in [-0.39, 0.29) is 5.91 Å². The van der Waals surface area contributed by atoms with Crippen molar-refractivity contribution in [2.45, 2.75) is 32.4 Å². The van der Waals surface area contributed by atoms with Crippen LogP contribution in [0.3, 0.4) is 0 Å². The minimum Gasteiger partial charge on any atom is -0.366 e. The van der Waals surface area contributed by atoms with Gasteiger partial charge in [0, 0.05) is 25.2 Å². The number of anilines is 1. The molecule has 1 saturated heterocycles. The molecule has 29 heavy (non-hydrogen) atoms. The summed E-state index contributed by atoms with van der Waals surface area (Å²) in [7, 11) is 0. The topological polar surface area (TPSA) is 78.7 Å². The number of carbonyl (C=O) groups excluding carboxylic acids is 2. The fraction of sp³-hybridized carbons (Fsp3) is 0.391. The van der Waals surface area contributed by atoms with E-state index in [0.717, 1.165) is 26.1 Å². The molecule has 6 heteroatoms. The largest absolute Gasteiger partial charge is 0.366 e. The molecule has 0 spiro atoms. The molecule has 0 bridgehead atoms. The van der Waals surface area contributed by atoms with Crippen LogP contribution >= 0.6 is 0 Å². The number of carbonyl (C=O) groups is 2. The van der Waals surface area contributed by atoms with E-state index in [2.05, 4.69) is 53.2 Å². The Morgan fingerprint density at radius 1 is 1.17 bits per heavy atom. The standard InChI is InChI=1S/C23H30N4O2/c1-3-26(16-22(28)25-21-12-8-7-11-20(21)23(24)29)19-13-14-27(15-19)17(2)18-9-5-4-6-10-18/h4-12,17,19H,3,13-16H2,1-2H3,(H2,24,29)(H,25,28). The molecule has 2 aromatic rings. The number of likely N-dealkylation sites (tertiary alicyclic amines) is 1. The number of nitrogens with one attached hydrogen (secondary N) is 1. The lowest BCUT2D eigenvalue weighted by atomic mass is 10.1. The van der Waals surface area contributed by atoms with Gasteiger partial charge in [0.05, 0.1) is 17.8 Å². The first kappa shape index (κ1) is 21.0. The highest BCUT2D eigenvalue weighted by atomic mass is 16.2. The normalized spacial score (nSPS) is 18.0. The third-order valence-corrected chi connectivity index (χ3v) is 5.76. The summed E-state index contributed by atoms with van der Waals surface area (Å²) in [6.45, 7) is 7.36. The molecule has 6 nitrogen and oxygen atoms in total. The minimum atomic E-state index is -0.547. The van der Waals surface area contributed by atoms with Crippen LogP contribution in [0.1, 0.15) is 42.2 Å². The molecule has 2 aromatic carbocycles. The summed E-state index contributed by atoms with van der Waals surface area (Å²) < 4.78 is 0. The molecule has 2 atom stereocenters. The quantitative estimate of drug-likeness (QED) is 0.722. The van der Waals surface area contributed by atoms with E-state index in [9.17, 15) is 9.59 Å². The van der Waals surface area contributed by atoms with E-state index in [0.29, 0.717) is 29.9 Å². The minimum absolute atomic E-state index is 0.130. The third kappa shape index (κ3) is 5.22. The Labute approximate surface area is 172 Å². The number of amides is 2. The highest BCUT2D eigenvalue weighted by Crippen LogP contribution is 2.26. The predicted octanol–water partition coefficient (Wildman–Crippen LogP) is 2.88. The van der Waals surface area contributed by atoms with E-state index in [1.54, 1.807) is 24.3 Å². The molecule has 0 aliphatic carbocycles. The molecule has 0 saturated carbocycles. The molecule has 2 amide bonds. The Morgan fingerprint density at radius 2 is 1.86 bits per heavy atom. The van der Waals surface area contributed by atoms with Crippen LogP contribution in [0.4, 0.5) is 5.69 Å². The molecule has 3 N–H and O–H groups in total. The summed E-state index contributed by atoms with van der Waals surface area (Å²) in [4.78, 5) is 28.9. The van der Waals surface area contributed by atoms with Crippen molar-refractivity contribution < 1.29 is 9.59 Å². The third-order valence-electron chi connectivity index (χ3n) is 5.76. The zero-order valence-electron chi connectivity index (χ0n) is 17.2. The SMILES string of the molecule is CCN(CC(=O)Nc1ccccc1C(N)=O)C1CCN(C(C)c2ccccc2)C1. The van der Waals surface area contributed by atoms with Crippen molar-refractivity contribution in [3.63, 3.8) is 0 Å². The fourth-order valence-corrected chi connectivity index (χ4v) is 4.04. The van der Waals surface area contributed by atoms with Gasteiger partial charge in [0.1, 0.15) is 0 Å². The van der Waals surface area contributed by atoms with Gasteiger partial charge in [0.2, 0.25) is 5.91 Å². The van der Waals surface area contributed by atoms with Gasteiger partial charge in [-0.1, -0.05) is 49.4 Å². The first-order valence-electron chi connectivity index (χ1n) is 10.2. The summed E-state index contributed by atoms with van der Waals surface area (Å²) in [5.41, 5.74) is 7.51. The van der Waals surface area contributed by atoms with E-state index in [4.69, 9.17) is 5.73 Å². The lowest BCUT2D eigenvalue weighted by molar-refractivity contribution is -0.117. The van der Waals surface area contributed by atoms with Crippen molar-refractivity contribution in [3.05, 3.63) is 65.7 Å². The van der Waals surface area contributed by atoms with Gasteiger partial charge in [-0.3, -0.25) is 19.4 Å². The first-order valence-corrected chi connectivity index (χ1v) is 10.2. The first-order chi connectivity index (χ1) is 14.0. The van der Waals surface area contributed by atoms with Crippen molar-refractivity contribution in [2.24, 2.45) is 5.73 Å². The number of para-hydroxylation sites is 1. The van der Waals surface area contributed by atoms with Crippen LogP contribution in [0.15, 0.2) is 54.6 Å². The number of hydrogen-bond donors (Lipinski definition) is 2. The molecule has 0 radical (unpaired) electrons. The Balaban J connectivity index is 1.59. The number of nitrogens with zero attached hydrogens (tertiary/aromatic N) is 2. The van der Waals surface area contributed by atoms with Gasteiger partial charge in [-0.05, 0) is 37.6 Å². The zero-order valence-corrected chi connectivity index (χ0v) is 17.2. The van der Waals surface area contributed by atoms with Crippen LogP contribution in [0, 0.1) is 0 Å². The number of nitrogens with two attached hydrogens (primary N) is 1. The second-order valence-electron chi connectivity index (χ2n) is 7.55. The molecule has 154 valence electrons. The van der Waals surface area contributed by atoms with Crippen LogP contribution in [-0.2, 0) is 4.79 Å². The van der Waals surface area contributed by atoms with Gasteiger partial charge in [0.25, 0.3) is 5.91 Å². The van der Waals surface area contributed by atoms with Gasteiger partial charge in [-0.2, -0.15) is 0 Å². The molecule has 1 fully saturated rings. The maximum atomic E-state index is 12.6. The zero-order chi connectivity index (χ0) is 20.8. The second kappa shape index (κ2) is 9.67. The molecule has 2 unspecified atom stereocenters. The van der Waals surface area contributed by atoms with Crippen molar-refractivity contribution in [3.8, 4) is 0 Å². The summed E-state index contributed by atoms with van der Waals surface area (Å²) in [6.07, 6.45) is 1.04. The summed E-state index contributed by atoms with van der Waals surface area (Å²) in [5, 5.41) is 2.84. The summed E-state index contributed by atoms with van der Waals surface area (Å²) in [5.74, 6) is -0.676. The lowest BCUT2D eigenvalue weighted by Gasteiger charge is -2.29. The number of primary amides is 1. The van der Waals surface area contributed by atoms with E-state index in [1.807, 2.05) is 6.07 Å². The smallest absolute Gasteiger partial charge is 0.250 e. The lowest BCUT2D eigenvalue weighted by Crippen LogP contribution is -2.42. The number of benzene rings is 2. The van der Waals surface area contributed by atoms with Gasteiger partial charge in [-0.25, -0.2) is 0 Å². The van der Waals surface area contributed by atoms with Crippen molar-refractivity contribution >= 4 is 17.5 Å². The predicted molar refractivity (Wildman–Crippen MR) is 116 cm³/mol. The number of likely N-dealkylation sites (N-methyl/N-ethyl adjacent to an activating group) is 1. The van der Waals surface area contributed by atoms with E-state index >= 15 is 0 Å². The Hall–Kier alpha value is -2.70. The molecule has 1 aliphatic rings. The van der Waals surface area contributed by atoms with Gasteiger partial charge < -0.3 is 11.1 Å². The molecule has 1 aliphatic heterocycles. The Kier molecular flexibility index (Phi) is 7.01. The van der Waals surface area contributed by atoms with Gasteiger partial charge >= 0.3 is 0 Å².